The summed E-state index contributed by atoms with van der Waals surface area (Å²) in [5, 5.41) is 3.40. The number of hydrogen-bond donors (Lipinski definition) is 2. The SMILES string of the molecule is Cc1ccc2nc(CNC(=O)COc3ccc(Cl)cc3)[nH]c2c1. The highest BCUT2D eigenvalue weighted by Crippen LogP contribution is 2.15. The molecule has 0 aliphatic carbocycles. The number of aromatic amines is 1. The van der Waals surface area contributed by atoms with Gasteiger partial charge in [-0.1, -0.05) is 17.7 Å². The van der Waals surface area contributed by atoms with Crippen molar-refractivity contribution < 1.29 is 9.53 Å². The number of imidazole rings is 1. The molecule has 2 aromatic carbocycles. The molecule has 1 aromatic heterocycles. The zero-order valence-electron chi connectivity index (χ0n) is 12.6. The smallest absolute Gasteiger partial charge is 0.258 e. The number of hydrogen-bond acceptors (Lipinski definition) is 3. The number of halogens is 1. The summed E-state index contributed by atoms with van der Waals surface area (Å²) < 4.78 is 5.38. The summed E-state index contributed by atoms with van der Waals surface area (Å²) in [5.41, 5.74) is 3.01. The molecule has 23 heavy (non-hydrogen) atoms. The number of nitrogens with one attached hydrogen (secondary N) is 2. The number of fused-ring (bicyclic) bond motifs is 1. The van der Waals surface area contributed by atoms with Crippen LogP contribution in [-0.4, -0.2) is 22.5 Å². The molecule has 0 bridgehead atoms. The van der Waals surface area contributed by atoms with E-state index in [0.717, 1.165) is 16.6 Å². The van der Waals surface area contributed by atoms with Crippen LogP contribution in [0.3, 0.4) is 0 Å². The Kier molecular flexibility index (Phi) is 4.48. The number of aryl methyl sites for hydroxylation is 1. The van der Waals surface area contributed by atoms with Crippen LogP contribution in [0.2, 0.25) is 5.02 Å². The highest BCUT2D eigenvalue weighted by molar-refractivity contribution is 6.30. The maximum Gasteiger partial charge on any atom is 0.258 e. The van der Waals surface area contributed by atoms with Crippen LogP contribution in [0.4, 0.5) is 0 Å². The maximum atomic E-state index is 11.8. The minimum Gasteiger partial charge on any atom is -0.484 e. The lowest BCUT2D eigenvalue weighted by Crippen LogP contribution is -2.28. The zero-order valence-corrected chi connectivity index (χ0v) is 13.4. The lowest BCUT2D eigenvalue weighted by atomic mass is 10.2. The molecule has 0 unspecified atom stereocenters. The van der Waals surface area contributed by atoms with Crippen LogP contribution in [0.15, 0.2) is 42.5 Å². The van der Waals surface area contributed by atoms with E-state index >= 15 is 0 Å². The number of aromatic nitrogens is 2. The molecule has 0 aliphatic heterocycles. The Balaban J connectivity index is 1.52. The van der Waals surface area contributed by atoms with Crippen molar-refractivity contribution in [2.75, 3.05) is 6.61 Å². The van der Waals surface area contributed by atoms with Gasteiger partial charge in [0.15, 0.2) is 6.61 Å². The van der Waals surface area contributed by atoms with Crippen molar-refractivity contribution in [3.8, 4) is 5.75 Å². The van der Waals surface area contributed by atoms with Crippen molar-refractivity contribution in [3.63, 3.8) is 0 Å². The summed E-state index contributed by atoms with van der Waals surface area (Å²) >= 11 is 5.79. The summed E-state index contributed by atoms with van der Waals surface area (Å²) in [5.74, 6) is 1.10. The predicted octanol–water partition coefficient (Wildman–Crippen LogP) is 3.22. The largest absolute Gasteiger partial charge is 0.484 e. The molecule has 1 heterocycles. The van der Waals surface area contributed by atoms with Crippen LogP contribution in [0.5, 0.6) is 5.75 Å². The van der Waals surface area contributed by atoms with Gasteiger partial charge in [-0.25, -0.2) is 4.98 Å². The van der Waals surface area contributed by atoms with Gasteiger partial charge < -0.3 is 15.0 Å². The molecular formula is C17H16ClN3O2. The van der Waals surface area contributed by atoms with E-state index in [2.05, 4.69) is 15.3 Å². The van der Waals surface area contributed by atoms with E-state index in [9.17, 15) is 4.79 Å². The fourth-order valence-corrected chi connectivity index (χ4v) is 2.30. The number of H-pyrrole nitrogens is 1. The third-order valence-corrected chi connectivity index (χ3v) is 3.57. The maximum absolute atomic E-state index is 11.8. The van der Waals surface area contributed by atoms with Gasteiger partial charge in [-0.15, -0.1) is 0 Å². The molecule has 6 heteroatoms. The van der Waals surface area contributed by atoms with Crippen LogP contribution in [-0.2, 0) is 11.3 Å². The molecule has 3 rings (SSSR count). The second kappa shape index (κ2) is 6.71. The fourth-order valence-electron chi connectivity index (χ4n) is 2.17. The molecule has 0 radical (unpaired) electrons. The quantitative estimate of drug-likeness (QED) is 0.755. The summed E-state index contributed by atoms with van der Waals surface area (Å²) in [6.07, 6.45) is 0. The average Bonchev–Trinajstić information content (AvgIpc) is 2.94. The molecule has 1 amide bonds. The Bertz CT molecular complexity index is 827. The Morgan fingerprint density at radius 3 is 2.83 bits per heavy atom. The van der Waals surface area contributed by atoms with Gasteiger partial charge in [0.1, 0.15) is 11.6 Å². The molecule has 0 fully saturated rings. The van der Waals surface area contributed by atoms with Gasteiger partial charge in [0.05, 0.1) is 17.6 Å². The molecule has 2 N–H and O–H groups in total. The third-order valence-electron chi connectivity index (χ3n) is 3.32. The van der Waals surface area contributed by atoms with Gasteiger partial charge in [0.2, 0.25) is 0 Å². The lowest BCUT2D eigenvalue weighted by molar-refractivity contribution is -0.123. The number of rotatable bonds is 5. The predicted molar refractivity (Wildman–Crippen MR) is 89.6 cm³/mol. The molecule has 3 aromatic rings. The number of ether oxygens (including phenoxy) is 1. The van der Waals surface area contributed by atoms with Crippen molar-refractivity contribution >= 4 is 28.5 Å². The zero-order chi connectivity index (χ0) is 16.2. The summed E-state index contributed by atoms with van der Waals surface area (Å²) in [6.45, 7) is 2.30. The second-order valence-electron chi connectivity index (χ2n) is 5.22. The van der Waals surface area contributed by atoms with Crippen molar-refractivity contribution in [2.45, 2.75) is 13.5 Å². The highest BCUT2D eigenvalue weighted by Gasteiger charge is 2.06. The van der Waals surface area contributed by atoms with Gasteiger partial charge in [-0.05, 0) is 48.9 Å². The van der Waals surface area contributed by atoms with Gasteiger partial charge in [-0.3, -0.25) is 4.79 Å². The standard InChI is InChI=1S/C17H16ClN3O2/c1-11-2-7-14-15(8-11)21-16(20-14)9-19-17(22)10-23-13-5-3-12(18)4-6-13/h2-8H,9-10H2,1H3,(H,19,22)(H,20,21). The average molecular weight is 330 g/mol. The fraction of sp³-hybridized carbons (Fsp3) is 0.176. The van der Waals surface area contributed by atoms with E-state index < -0.39 is 0 Å². The first-order chi connectivity index (χ1) is 11.1. The summed E-state index contributed by atoms with van der Waals surface area (Å²) in [4.78, 5) is 19.4. The highest BCUT2D eigenvalue weighted by atomic mass is 35.5. The van der Waals surface area contributed by atoms with Gasteiger partial charge in [0.25, 0.3) is 5.91 Å². The Morgan fingerprint density at radius 2 is 2.04 bits per heavy atom. The normalized spacial score (nSPS) is 10.7. The van der Waals surface area contributed by atoms with E-state index in [1.165, 1.54) is 0 Å². The summed E-state index contributed by atoms with van der Waals surface area (Å²) in [7, 11) is 0. The minimum absolute atomic E-state index is 0.0546. The van der Waals surface area contributed by atoms with E-state index in [4.69, 9.17) is 16.3 Å². The Hall–Kier alpha value is -2.53. The first-order valence-corrected chi connectivity index (χ1v) is 7.58. The molecule has 118 valence electrons. The topological polar surface area (TPSA) is 67.0 Å². The van der Waals surface area contributed by atoms with Crippen molar-refractivity contribution in [3.05, 3.63) is 58.9 Å². The minimum atomic E-state index is -0.211. The molecule has 0 saturated carbocycles. The number of carbonyl (C=O) groups excluding carboxylic acids is 1. The summed E-state index contributed by atoms with van der Waals surface area (Å²) in [6, 6.07) is 12.9. The Labute approximate surface area is 138 Å². The van der Waals surface area contributed by atoms with E-state index in [0.29, 0.717) is 23.1 Å². The molecule has 0 spiro atoms. The van der Waals surface area contributed by atoms with E-state index in [1.807, 2.05) is 25.1 Å². The van der Waals surface area contributed by atoms with Crippen LogP contribution in [0.1, 0.15) is 11.4 Å². The van der Waals surface area contributed by atoms with Gasteiger partial charge in [-0.2, -0.15) is 0 Å². The number of benzene rings is 2. The number of carbonyl (C=O) groups is 1. The van der Waals surface area contributed by atoms with Crippen molar-refractivity contribution in [1.29, 1.82) is 0 Å². The number of nitrogens with zero attached hydrogens (tertiary/aromatic N) is 1. The lowest BCUT2D eigenvalue weighted by Gasteiger charge is -2.06. The van der Waals surface area contributed by atoms with Crippen molar-refractivity contribution in [2.24, 2.45) is 0 Å². The van der Waals surface area contributed by atoms with Crippen molar-refractivity contribution in [1.82, 2.24) is 15.3 Å². The number of amides is 1. The van der Waals surface area contributed by atoms with E-state index in [-0.39, 0.29) is 12.5 Å². The van der Waals surface area contributed by atoms with Crippen LogP contribution in [0, 0.1) is 6.92 Å². The monoisotopic (exact) mass is 329 g/mol. The van der Waals surface area contributed by atoms with Crippen LogP contribution < -0.4 is 10.1 Å². The van der Waals surface area contributed by atoms with Crippen LogP contribution >= 0.6 is 11.6 Å². The first-order valence-electron chi connectivity index (χ1n) is 7.20. The first kappa shape index (κ1) is 15.4. The third kappa shape index (κ3) is 4.02. The molecule has 0 saturated heterocycles. The molecule has 0 aliphatic rings. The molecule has 5 nitrogen and oxygen atoms in total. The van der Waals surface area contributed by atoms with E-state index in [1.54, 1.807) is 24.3 Å². The molecule has 0 atom stereocenters. The second-order valence-corrected chi connectivity index (χ2v) is 5.66. The van der Waals surface area contributed by atoms with Gasteiger partial charge in [0, 0.05) is 5.02 Å². The molecular weight excluding hydrogens is 314 g/mol. The Morgan fingerprint density at radius 1 is 1.26 bits per heavy atom. The van der Waals surface area contributed by atoms with Crippen LogP contribution in [0.25, 0.3) is 11.0 Å². The van der Waals surface area contributed by atoms with Gasteiger partial charge >= 0.3 is 0 Å².